The average Bonchev–Trinajstić information content (AvgIpc) is 3.47. The number of furan rings is 1. The predicted octanol–water partition coefficient (Wildman–Crippen LogP) is 2.90. The Labute approximate surface area is 247 Å². The molecule has 2 aromatic heterocycles. The summed E-state index contributed by atoms with van der Waals surface area (Å²) in [5.41, 5.74) is 2.80. The van der Waals surface area contributed by atoms with Gasteiger partial charge in [0.05, 0.1) is 30.8 Å². The van der Waals surface area contributed by atoms with E-state index in [9.17, 15) is 4.79 Å². The summed E-state index contributed by atoms with van der Waals surface area (Å²) in [4.78, 5) is 21.7. The van der Waals surface area contributed by atoms with Crippen LogP contribution in [-0.4, -0.2) is 66.4 Å². The molecule has 2 aromatic carbocycles. The summed E-state index contributed by atoms with van der Waals surface area (Å²) in [6, 6.07) is 15.4. The smallest absolute Gasteiger partial charge is 0.291 e. The Kier molecular flexibility index (Phi) is 10.4. The number of hydrogen-bond acceptors (Lipinski definition) is 10. The summed E-state index contributed by atoms with van der Waals surface area (Å²) in [6.07, 6.45) is 0. The van der Waals surface area contributed by atoms with Gasteiger partial charge in [0.2, 0.25) is 17.7 Å². The van der Waals surface area contributed by atoms with Crippen LogP contribution >= 0.6 is 0 Å². The topological polar surface area (TPSA) is 129 Å². The second kappa shape index (κ2) is 14.4. The van der Waals surface area contributed by atoms with Gasteiger partial charge in [-0.05, 0) is 49.7 Å². The highest BCUT2D eigenvalue weighted by Crippen LogP contribution is 2.34. The van der Waals surface area contributed by atoms with E-state index in [0.717, 1.165) is 13.1 Å². The Morgan fingerprint density at radius 2 is 1.69 bits per heavy atom. The Hall–Kier alpha value is -4.55. The number of benzene rings is 2. The van der Waals surface area contributed by atoms with Crippen molar-refractivity contribution in [2.45, 2.75) is 20.8 Å². The zero-order valence-electron chi connectivity index (χ0n) is 24.8. The van der Waals surface area contributed by atoms with Crippen molar-refractivity contribution in [2.24, 2.45) is 0 Å². The molecular weight excluding hydrogens is 554 g/mol. The van der Waals surface area contributed by atoms with Crippen LogP contribution in [0.15, 0.2) is 52.9 Å². The average molecular weight is 592 g/mol. The molecule has 0 aliphatic carbocycles. The van der Waals surface area contributed by atoms with Crippen LogP contribution in [0.2, 0.25) is 0 Å². The largest absolute Gasteiger partial charge is 0.493 e. The maximum absolute atomic E-state index is 13.1. The Morgan fingerprint density at radius 3 is 2.38 bits per heavy atom. The molecule has 0 fully saturated rings. The molecule has 0 unspecified atom stereocenters. The molecule has 0 bridgehead atoms. The lowest BCUT2D eigenvalue weighted by atomic mass is 10.1. The number of methoxy groups -OCH3 is 3. The highest BCUT2D eigenvalue weighted by atomic mass is 28.2. The van der Waals surface area contributed by atoms with E-state index in [4.69, 9.17) is 23.4 Å². The minimum Gasteiger partial charge on any atom is -0.493 e. The SMILES string of the molecule is CCNCCNc1nc(OC)c(NC(=O)c2ccc(Oc3ccc([SiH2]c4cccc(C)c4C)cc3OC)o2)c(OC)n1. The minimum atomic E-state index is -0.707. The molecule has 0 radical (unpaired) electrons. The molecule has 3 N–H and O–H groups in total. The van der Waals surface area contributed by atoms with Crippen molar-refractivity contribution in [3.8, 4) is 29.2 Å². The van der Waals surface area contributed by atoms with Crippen LogP contribution < -0.4 is 45.3 Å². The van der Waals surface area contributed by atoms with Gasteiger partial charge in [-0.2, -0.15) is 9.97 Å². The van der Waals surface area contributed by atoms with E-state index in [2.05, 4.69) is 58.0 Å². The number of rotatable bonds is 14. The van der Waals surface area contributed by atoms with E-state index in [0.29, 0.717) is 24.0 Å². The fourth-order valence-electron chi connectivity index (χ4n) is 4.25. The normalized spacial score (nSPS) is 11.0. The van der Waals surface area contributed by atoms with Crippen LogP contribution in [0.25, 0.3) is 0 Å². The van der Waals surface area contributed by atoms with Gasteiger partial charge in [0.25, 0.3) is 11.9 Å². The Bertz CT molecular complexity index is 1500. The van der Waals surface area contributed by atoms with Crippen LogP contribution in [0.3, 0.4) is 0 Å². The molecule has 4 aromatic rings. The standard InChI is InChI=1S/C30H37N5O6Si/c1-7-31-15-16-32-30-34-28(38-5)26(29(35-30)39-6)33-27(36)22-13-14-25(41-22)40-21-12-11-20(17-23(21)37-4)42-24-10-8-9-18(2)19(24)3/h8-14,17,31H,7,15-16,42H2,1-6H3,(H,33,36)(H,32,34,35). The number of carbonyl (C=O) groups is 1. The number of nitrogens with zero attached hydrogens (tertiary/aromatic N) is 2. The second-order valence-corrected chi connectivity index (χ2v) is 11.3. The molecule has 11 nitrogen and oxygen atoms in total. The number of aryl methyl sites for hydroxylation is 1. The third-order valence-electron chi connectivity index (χ3n) is 6.66. The summed E-state index contributed by atoms with van der Waals surface area (Å²) in [5.74, 6) is 1.24. The van der Waals surface area contributed by atoms with Crippen LogP contribution in [0.4, 0.5) is 11.6 Å². The van der Waals surface area contributed by atoms with Gasteiger partial charge in [-0.3, -0.25) is 4.79 Å². The van der Waals surface area contributed by atoms with Gasteiger partial charge in [-0.1, -0.05) is 41.6 Å². The first-order valence-corrected chi connectivity index (χ1v) is 15.0. The first-order chi connectivity index (χ1) is 20.4. The first-order valence-electron chi connectivity index (χ1n) is 13.6. The lowest BCUT2D eigenvalue weighted by Crippen LogP contribution is -2.29. The van der Waals surface area contributed by atoms with E-state index in [1.807, 2.05) is 25.1 Å². The van der Waals surface area contributed by atoms with E-state index in [1.165, 1.54) is 41.8 Å². The highest BCUT2D eigenvalue weighted by molar-refractivity contribution is 6.67. The van der Waals surface area contributed by atoms with Gasteiger partial charge >= 0.3 is 0 Å². The van der Waals surface area contributed by atoms with Gasteiger partial charge < -0.3 is 39.3 Å². The number of ether oxygens (including phenoxy) is 4. The maximum atomic E-state index is 13.1. The highest BCUT2D eigenvalue weighted by Gasteiger charge is 2.22. The van der Waals surface area contributed by atoms with Crippen molar-refractivity contribution in [1.82, 2.24) is 15.3 Å². The van der Waals surface area contributed by atoms with Crippen molar-refractivity contribution in [2.75, 3.05) is 51.6 Å². The lowest BCUT2D eigenvalue weighted by molar-refractivity contribution is 0.0990. The van der Waals surface area contributed by atoms with E-state index in [-0.39, 0.29) is 29.2 Å². The Balaban J connectivity index is 1.46. The zero-order chi connectivity index (χ0) is 30.1. The zero-order valence-corrected chi connectivity index (χ0v) is 26.2. The molecule has 0 aliphatic heterocycles. The van der Waals surface area contributed by atoms with Gasteiger partial charge in [0.1, 0.15) is 0 Å². The van der Waals surface area contributed by atoms with Crippen molar-refractivity contribution in [1.29, 1.82) is 0 Å². The van der Waals surface area contributed by atoms with Crippen LogP contribution in [0, 0.1) is 13.8 Å². The van der Waals surface area contributed by atoms with E-state index < -0.39 is 15.4 Å². The third kappa shape index (κ3) is 7.39. The molecule has 0 saturated carbocycles. The van der Waals surface area contributed by atoms with Gasteiger partial charge in [-0.15, -0.1) is 0 Å². The van der Waals surface area contributed by atoms with Crippen LogP contribution in [0.1, 0.15) is 28.6 Å². The molecule has 12 heteroatoms. The maximum Gasteiger partial charge on any atom is 0.291 e. The van der Waals surface area contributed by atoms with E-state index in [1.54, 1.807) is 13.2 Å². The number of amides is 1. The molecule has 222 valence electrons. The molecule has 4 rings (SSSR count). The Morgan fingerprint density at radius 1 is 0.929 bits per heavy atom. The third-order valence-corrected chi connectivity index (χ3v) is 8.65. The van der Waals surface area contributed by atoms with Crippen molar-refractivity contribution >= 4 is 37.4 Å². The summed E-state index contributed by atoms with van der Waals surface area (Å²) in [6.45, 7) is 8.51. The number of likely N-dealkylation sites (N-methyl/N-ethyl adjacent to an activating group) is 1. The molecule has 0 saturated heterocycles. The molecular formula is C30H37N5O6Si. The number of carbonyl (C=O) groups excluding carboxylic acids is 1. The molecule has 42 heavy (non-hydrogen) atoms. The summed E-state index contributed by atoms with van der Waals surface area (Å²) >= 11 is 0. The van der Waals surface area contributed by atoms with Crippen LogP contribution in [-0.2, 0) is 0 Å². The van der Waals surface area contributed by atoms with Crippen molar-refractivity contribution in [3.63, 3.8) is 0 Å². The molecule has 0 atom stereocenters. The van der Waals surface area contributed by atoms with Crippen molar-refractivity contribution < 1.29 is 28.2 Å². The van der Waals surface area contributed by atoms with Gasteiger partial charge in [-0.25, -0.2) is 0 Å². The minimum absolute atomic E-state index is 0.0138. The van der Waals surface area contributed by atoms with Crippen molar-refractivity contribution in [3.05, 3.63) is 65.4 Å². The number of aromatic nitrogens is 2. The summed E-state index contributed by atoms with van der Waals surface area (Å²) in [5, 5.41) is 11.6. The monoisotopic (exact) mass is 591 g/mol. The first kappa shape index (κ1) is 30.4. The van der Waals surface area contributed by atoms with Gasteiger partial charge in [0, 0.05) is 19.2 Å². The molecule has 0 spiro atoms. The molecule has 2 heterocycles. The van der Waals surface area contributed by atoms with Gasteiger partial charge in [0.15, 0.2) is 22.9 Å². The van der Waals surface area contributed by atoms with Crippen LogP contribution in [0.5, 0.6) is 29.2 Å². The quantitative estimate of drug-likeness (QED) is 0.149. The lowest BCUT2D eigenvalue weighted by Gasteiger charge is -2.14. The summed E-state index contributed by atoms with van der Waals surface area (Å²) in [7, 11) is 3.78. The second-order valence-electron chi connectivity index (χ2n) is 9.42. The fraction of sp³-hybridized carbons (Fsp3) is 0.300. The fourth-order valence-corrected chi connectivity index (χ4v) is 6.01. The summed E-state index contributed by atoms with van der Waals surface area (Å²) < 4.78 is 28.0. The molecule has 1 amide bonds. The molecule has 0 aliphatic rings. The number of nitrogens with one attached hydrogen (secondary N) is 3. The number of anilines is 2. The predicted molar refractivity (Wildman–Crippen MR) is 166 cm³/mol. The number of hydrogen-bond donors (Lipinski definition) is 3. The van der Waals surface area contributed by atoms with E-state index >= 15 is 0 Å².